The van der Waals surface area contributed by atoms with Gasteiger partial charge in [-0.15, -0.1) is 0 Å². The summed E-state index contributed by atoms with van der Waals surface area (Å²) in [7, 11) is 1.14. The number of esters is 1. The first kappa shape index (κ1) is 25.7. The maximum absolute atomic E-state index is 12.6. The van der Waals surface area contributed by atoms with E-state index in [-0.39, 0.29) is 24.9 Å². The molecule has 3 N–H and O–H groups in total. The molecule has 2 aromatic carbocycles. The first-order valence-corrected chi connectivity index (χ1v) is 11.4. The molecule has 9 heteroatoms. The summed E-state index contributed by atoms with van der Waals surface area (Å²) in [6.45, 7) is 3.78. The van der Waals surface area contributed by atoms with Gasteiger partial charge in [0.15, 0.2) is 0 Å². The molecule has 0 aromatic heterocycles. The molecule has 2 atom stereocenters. The van der Waals surface area contributed by atoms with E-state index in [1.165, 1.54) is 0 Å². The van der Waals surface area contributed by atoms with Gasteiger partial charge in [-0.05, 0) is 28.2 Å². The number of hydrogen-bond donors (Lipinski definition) is 3. The van der Waals surface area contributed by atoms with Crippen LogP contribution in [0.5, 0.6) is 0 Å². The SMILES string of the molecule is COC(=O)C[C@H](NC(=O)C[C@H](NC(=O)OCC1c2ccccc2-c2ccccc21)C(C)C)C(=O)O. The number of fused-ring (bicyclic) bond motifs is 3. The normalized spacial score (nSPS) is 13.8. The van der Waals surface area contributed by atoms with Crippen LogP contribution < -0.4 is 10.6 Å². The summed E-state index contributed by atoms with van der Waals surface area (Å²) in [4.78, 5) is 47.8. The number of rotatable bonds is 10. The van der Waals surface area contributed by atoms with Gasteiger partial charge in [0.05, 0.1) is 13.5 Å². The Labute approximate surface area is 203 Å². The third kappa shape index (κ3) is 6.38. The molecule has 0 unspecified atom stereocenters. The Kier molecular flexibility index (Phi) is 8.46. The van der Waals surface area contributed by atoms with Gasteiger partial charge in [0.25, 0.3) is 0 Å². The van der Waals surface area contributed by atoms with Crippen molar-refractivity contribution in [3.8, 4) is 11.1 Å². The molecule has 2 aromatic rings. The number of hydrogen-bond acceptors (Lipinski definition) is 6. The van der Waals surface area contributed by atoms with Gasteiger partial charge in [-0.2, -0.15) is 0 Å². The largest absolute Gasteiger partial charge is 0.480 e. The lowest BCUT2D eigenvalue weighted by Crippen LogP contribution is -2.47. The van der Waals surface area contributed by atoms with Crippen molar-refractivity contribution in [3.05, 3.63) is 59.7 Å². The number of aliphatic carboxylic acids is 1. The molecule has 0 fully saturated rings. The van der Waals surface area contributed by atoms with Crippen molar-refractivity contribution in [1.29, 1.82) is 0 Å². The fourth-order valence-electron chi connectivity index (χ4n) is 4.15. The highest BCUT2D eigenvalue weighted by molar-refractivity contribution is 5.87. The van der Waals surface area contributed by atoms with Crippen LogP contribution in [0.3, 0.4) is 0 Å². The molecule has 0 heterocycles. The molecule has 0 aliphatic heterocycles. The number of alkyl carbamates (subject to hydrolysis) is 1. The summed E-state index contributed by atoms with van der Waals surface area (Å²) < 4.78 is 10.0. The summed E-state index contributed by atoms with van der Waals surface area (Å²) in [5, 5.41) is 14.3. The van der Waals surface area contributed by atoms with Crippen molar-refractivity contribution in [1.82, 2.24) is 10.6 Å². The lowest BCUT2D eigenvalue weighted by atomic mass is 9.98. The van der Waals surface area contributed by atoms with Crippen molar-refractivity contribution in [2.24, 2.45) is 5.92 Å². The van der Waals surface area contributed by atoms with Gasteiger partial charge in [0.2, 0.25) is 5.91 Å². The molecule has 0 bridgehead atoms. The third-order valence-corrected chi connectivity index (χ3v) is 6.09. The fraction of sp³-hybridized carbons (Fsp3) is 0.385. The summed E-state index contributed by atoms with van der Waals surface area (Å²) in [6, 6.07) is 14.0. The zero-order valence-electron chi connectivity index (χ0n) is 19.9. The van der Waals surface area contributed by atoms with E-state index in [1.807, 2.05) is 62.4 Å². The van der Waals surface area contributed by atoms with E-state index in [0.717, 1.165) is 29.4 Å². The van der Waals surface area contributed by atoms with E-state index in [4.69, 9.17) is 4.74 Å². The van der Waals surface area contributed by atoms with Crippen LogP contribution in [0.2, 0.25) is 0 Å². The summed E-state index contributed by atoms with van der Waals surface area (Å²) in [5.74, 6) is -2.95. The average molecular weight is 483 g/mol. The van der Waals surface area contributed by atoms with Crippen LogP contribution in [0, 0.1) is 5.92 Å². The van der Waals surface area contributed by atoms with Crippen molar-refractivity contribution in [2.75, 3.05) is 13.7 Å². The lowest BCUT2D eigenvalue weighted by Gasteiger charge is -2.23. The van der Waals surface area contributed by atoms with Gasteiger partial charge in [-0.1, -0.05) is 62.4 Å². The summed E-state index contributed by atoms with van der Waals surface area (Å²) in [6.07, 6.45) is -1.33. The Hall–Kier alpha value is -3.88. The van der Waals surface area contributed by atoms with Crippen LogP contribution >= 0.6 is 0 Å². The quantitative estimate of drug-likeness (QED) is 0.444. The molecule has 0 saturated carbocycles. The smallest absolute Gasteiger partial charge is 0.407 e. The second kappa shape index (κ2) is 11.5. The maximum Gasteiger partial charge on any atom is 0.407 e. The molecule has 1 aliphatic carbocycles. The monoisotopic (exact) mass is 482 g/mol. The number of carboxylic acid groups (broad SMARTS) is 1. The Morgan fingerprint density at radius 3 is 2.00 bits per heavy atom. The highest BCUT2D eigenvalue weighted by Gasteiger charge is 2.30. The van der Waals surface area contributed by atoms with Gasteiger partial charge in [-0.25, -0.2) is 9.59 Å². The molecule has 9 nitrogen and oxygen atoms in total. The number of amides is 2. The van der Waals surface area contributed by atoms with Crippen LogP contribution in [0.25, 0.3) is 11.1 Å². The predicted molar refractivity (Wildman–Crippen MR) is 128 cm³/mol. The van der Waals surface area contributed by atoms with Gasteiger partial charge in [0, 0.05) is 18.4 Å². The number of carbonyl (C=O) groups is 4. The zero-order chi connectivity index (χ0) is 25.5. The second-order valence-corrected chi connectivity index (χ2v) is 8.76. The van der Waals surface area contributed by atoms with Crippen LogP contribution in [0.15, 0.2) is 48.5 Å². The van der Waals surface area contributed by atoms with Crippen molar-refractivity contribution in [2.45, 2.75) is 44.7 Å². The minimum Gasteiger partial charge on any atom is -0.480 e. The molecule has 0 saturated heterocycles. The predicted octanol–water partition coefficient (Wildman–Crippen LogP) is 3.07. The summed E-state index contributed by atoms with van der Waals surface area (Å²) in [5.41, 5.74) is 4.42. The number of nitrogens with one attached hydrogen (secondary N) is 2. The Morgan fingerprint density at radius 1 is 0.914 bits per heavy atom. The zero-order valence-corrected chi connectivity index (χ0v) is 19.9. The Bertz CT molecular complexity index is 1050. The number of carbonyl (C=O) groups excluding carboxylic acids is 3. The molecule has 2 amide bonds. The molecule has 35 heavy (non-hydrogen) atoms. The molecular formula is C26H30N2O7. The maximum atomic E-state index is 12.6. The number of ether oxygens (including phenoxy) is 2. The third-order valence-electron chi connectivity index (χ3n) is 6.09. The second-order valence-electron chi connectivity index (χ2n) is 8.76. The van der Waals surface area contributed by atoms with Crippen LogP contribution in [-0.2, 0) is 23.9 Å². The van der Waals surface area contributed by atoms with E-state index in [2.05, 4.69) is 15.4 Å². The molecule has 0 spiro atoms. The Balaban J connectivity index is 1.59. The summed E-state index contributed by atoms with van der Waals surface area (Å²) >= 11 is 0. The molecule has 0 radical (unpaired) electrons. The van der Waals surface area contributed by atoms with Crippen LogP contribution in [-0.4, -0.2) is 54.8 Å². The standard InChI is InChI=1S/C26H30N2O7/c1-15(2)21(12-23(29)27-22(25(31)32)13-24(30)34-3)28-26(33)35-14-20-18-10-6-4-8-16(18)17-9-5-7-11-19(17)20/h4-11,15,20-22H,12-14H2,1-3H3,(H,27,29)(H,28,33)(H,31,32)/t21-,22-/m0/s1. The molecule has 1 aliphatic rings. The highest BCUT2D eigenvalue weighted by Crippen LogP contribution is 2.44. The highest BCUT2D eigenvalue weighted by atomic mass is 16.5. The minimum absolute atomic E-state index is 0.0939. The van der Waals surface area contributed by atoms with E-state index < -0.39 is 42.4 Å². The first-order valence-electron chi connectivity index (χ1n) is 11.4. The van der Waals surface area contributed by atoms with Crippen LogP contribution in [0.4, 0.5) is 4.79 Å². The lowest BCUT2D eigenvalue weighted by molar-refractivity contribution is -0.148. The van der Waals surface area contributed by atoms with Crippen LogP contribution in [0.1, 0.15) is 43.7 Å². The topological polar surface area (TPSA) is 131 Å². The van der Waals surface area contributed by atoms with Gasteiger partial charge >= 0.3 is 18.0 Å². The minimum atomic E-state index is -1.42. The van der Waals surface area contributed by atoms with E-state index >= 15 is 0 Å². The number of carboxylic acids is 1. The van der Waals surface area contributed by atoms with Gasteiger partial charge < -0.3 is 25.2 Å². The fourth-order valence-corrected chi connectivity index (χ4v) is 4.15. The number of methoxy groups -OCH3 is 1. The van der Waals surface area contributed by atoms with Gasteiger partial charge in [0.1, 0.15) is 12.6 Å². The van der Waals surface area contributed by atoms with E-state index in [1.54, 1.807) is 0 Å². The van der Waals surface area contributed by atoms with Crippen molar-refractivity contribution >= 4 is 23.9 Å². The van der Waals surface area contributed by atoms with E-state index in [9.17, 15) is 24.3 Å². The van der Waals surface area contributed by atoms with E-state index in [0.29, 0.717) is 0 Å². The van der Waals surface area contributed by atoms with Crippen molar-refractivity contribution < 1.29 is 33.8 Å². The van der Waals surface area contributed by atoms with Crippen molar-refractivity contribution in [3.63, 3.8) is 0 Å². The molecule has 186 valence electrons. The number of benzene rings is 2. The first-order chi connectivity index (χ1) is 16.7. The molecule has 3 rings (SSSR count). The Morgan fingerprint density at radius 2 is 1.49 bits per heavy atom. The average Bonchev–Trinajstić information content (AvgIpc) is 3.15. The van der Waals surface area contributed by atoms with Gasteiger partial charge in [-0.3, -0.25) is 9.59 Å². The molecular weight excluding hydrogens is 452 g/mol.